The van der Waals surface area contributed by atoms with Gasteiger partial charge in [-0.25, -0.2) is 4.79 Å². The van der Waals surface area contributed by atoms with Crippen LogP contribution in [0.1, 0.15) is 65.7 Å². The second-order valence-corrected chi connectivity index (χ2v) is 9.22. The zero-order valence-corrected chi connectivity index (χ0v) is 16.9. The quantitative estimate of drug-likeness (QED) is 0.772. The van der Waals surface area contributed by atoms with Gasteiger partial charge in [-0.15, -0.1) is 0 Å². The molecule has 0 aromatic heterocycles. The molecule has 6 heteroatoms. The van der Waals surface area contributed by atoms with Crippen LogP contribution in [0.2, 0.25) is 0 Å². The molecule has 3 atom stereocenters. The first kappa shape index (κ1) is 19.5. The van der Waals surface area contributed by atoms with E-state index in [4.69, 9.17) is 4.74 Å². The first-order valence-corrected chi connectivity index (χ1v) is 10.2. The number of carbonyl (C=O) groups excluding carboxylic acids is 2. The third-order valence-electron chi connectivity index (χ3n) is 6.11. The van der Waals surface area contributed by atoms with Gasteiger partial charge < -0.3 is 14.5 Å². The van der Waals surface area contributed by atoms with Crippen molar-refractivity contribution in [1.82, 2.24) is 14.7 Å². The van der Waals surface area contributed by atoms with Crippen molar-refractivity contribution in [3.8, 4) is 0 Å². The number of carbonyl (C=O) groups is 2. The monoisotopic (exact) mass is 365 g/mol. The molecule has 1 unspecified atom stereocenters. The van der Waals surface area contributed by atoms with E-state index in [-0.39, 0.29) is 12.1 Å². The maximum Gasteiger partial charge on any atom is 0.410 e. The number of likely N-dealkylation sites (tertiary alicyclic amines) is 1. The summed E-state index contributed by atoms with van der Waals surface area (Å²) in [5, 5.41) is 0. The van der Waals surface area contributed by atoms with E-state index in [2.05, 4.69) is 4.90 Å². The lowest BCUT2D eigenvalue weighted by Crippen LogP contribution is -2.59. The molecule has 3 saturated heterocycles. The van der Waals surface area contributed by atoms with Crippen LogP contribution in [0.4, 0.5) is 4.79 Å². The zero-order chi connectivity index (χ0) is 18.9. The van der Waals surface area contributed by atoms with E-state index in [0.717, 1.165) is 51.6 Å². The maximum atomic E-state index is 12.6. The molecule has 26 heavy (non-hydrogen) atoms. The number of amides is 2. The Morgan fingerprint density at radius 3 is 2.15 bits per heavy atom. The van der Waals surface area contributed by atoms with Crippen molar-refractivity contribution in [2.45, 2.75) is 89.4 Å². The predicted molar refractivity (Wildman–Crippen MR) is 101 cm³/mol. The summed E-state index contributed by atoms with van der Waals surface area (Å²) in [6.07, 6.45) is 7.42. The molecule has 148 valence electrons. The minimum absolute atomic E-state index is 0.207. The summed E-state index contributed by atoms with van der Waals surface area (Å²) in [7, 11) is 1.86. The molecule has 2 amide bonds. The lowest BCUT2D eigenvalue weighted by atomic mass is 9.81. The van der Waals surface area contributed by atoms with E-state index in [1.165, 1.54) is 6.42 Å². The minimum Gasteiger partial charge on any atom is -0.444 e. The van der Waals surface area contributed by atoms with Crippen molar-refractivity contribution in [1.29, 1.82) is 0 Å². The topological polar surface area (TPSA) is 53.1 Å². The Bertz CT molecular complexity index is 511. The van der Waals surface area contributed by atoms with E-state index in [9.17, 15) is 9.59 Å². The maximum absolute atomic E-state index is 12.6. The highest BCUT2D eigenvalue weighted by atomic mass is 16.6. The van der Waals surface area contributed by atoms with Gasteiger partial charge in [0.2, 0.25) is 5.91 Å². The molecular weight excluding hydrogens is 330 g/mol. The lowest BCUT2D eigenvalue weighted by Gasteiger charge is -2.50. The summed E-state index contributed by atoms with van der Waals surface area (Å²) in [6, 6.07) is 1.02. The Morgan fingerprint density at radius 2 is 1.62 bits per heavy atom. The van der Waals surface area contributed by atoms with Crippen molar-refractivity contribution < 1.29 is 14.3 Å². The van der Waals surface area contributed by atoms with Crippen LogP contribution in [0.3, 0.4) is 0 Å². The van der Waals surface area contributed by atoms with Crippen LogP contribution < -0.4 is 0 Å². The molecule has 3 aliphatic heterocycles. The van der Waals surface area contributed by atoms with Gasteiger partial charge >= 0.3 is 6.09 Å². The number of ether oxygens (including phenoxy) is 1. The Morgan fingerprint density at radius 1 is 1.04 bits per heavy atom. The Hall–Kier alpha value is -1.30. The lowest BCUT2D eigenvalue weighted by molar-refractivity contribution is -0.134. The van der Waals surface area contributed by atoms with Crippen molar-refractivity contribution in [3.05, 3.63) is 0 Å². The highest BCUT2D eigenvalue weighted by Gasteiger charge is 2.42. The largest absolute Gasteiger partial charge is 0.444 e. The normalized spacial score (nSPS) is 29.5. The fourth-order valence-corrected chi connectivity index (χ4v) is 4.73. The van der Waals surface area contributed by atoms with Gasteiger partial charge in [-0.3, -0.25) is 9.69 Å². The molecule has 6 nitrogen and oxygen atoms in total. The summed E-state index contributed by atoms with van der Waals surface area (Å²) in [5.41, 5.74) is -0.468. The molecule has 3 rings (SSSR count). The van der Waals surface area contributed by atoms with Gasteiger partial charge in [0.1, 0.15) is 5.60 Å². The zero-order valence-electron chi connectivity index (χ0n) is 16.9. The van der Waals surface area contributed by atoms with Gasteiger partial charge in [-0.05, 0) is 59.3 Å². The molecule has 3 heterocycles. The number of fused-ring (bicyclic) bond motifs is 2. The highest BCUT2D eigenvalue weighted by Crippen LogP contribution is 2.36. The summed E-state index contributed by atoms with van der Waals surface area (Å²) < 4.78 is 5.55. The third kappa shape index (κ3) is 4.51. The predicted octanol–water partition coefficient (Wildman–Crippen LogP) is 2.86. The van der Waals surface area contributed by atoms with Crippen molar-refractivity contribution >= 4 is 12.0 Å². The third-order valence-corrected chi connectivity index (χ3v) is 6.11. The smallest absolute Gasteiger partial charge is 0.410 e. The van der Waals surface area contributed by atoms with Crippen molar-refractivity contribution in [2.24, 2.45) is 0 Å². The average molecular weight is 366 g/mol. The Kier molecular flexibility index (Phi) is 5.80. The number of hydrogen-bond donors (Lipinski definition) is 0. The fraction of sp³-hybridized carbons (Fsp3) is 0.900. The molecule has 2 bridgehead atoms. The van der Waals surface area contributed by atoms with Crippen LogP contribution >= 0.6 is 0 Å². The van der Waals surface area contributed by atoms with Gasteiger partial charge in [0.15, 0.2) is 0 Å². The van der Waals surface area contributed by atoms with Gasteiger partial charge in [-0.1, -0.05) is 6.42 Å². The van der Waals surface area contributed by atoms with Crippen LogP contribution in [-0.4, -0.2) is 77.1 Å². The highest BCUT2D eigenvalue weighted by molar-refractivity contribution is 5.78. The van der Waals surface area contributed by atoms with Crippen molar-refractivity contribution in [3.63, 3.8) is 0 Å². The number of piperidine rings is 2. The number of hydrogen-bond acceptors (Lipinski definition) is 4. The first-order valence-electron chi connectivity index (χ1n) is 10.2. The standard InChI is InChI=1S/C20H35N3O3/c1-20(2,3)26-19(25)21(4)17-12-15-8-7-9-16(13-17)23(15)14-18(24)22-10-5-6-11-22/h15-17H,5-14H2,1-4H3/t15-,16?,17-/m0/s1. The second kappa shape index (κ2) is 7.75. The summed E-state index contributed by atoms with van der Waals surface area (Å²) in [5.74, 6) is 0.290. The summed E-state index contributed by atoms with van der Waals surface area (Å²) in [6.45, 7) is 8.11. The SMILES string of the molecule is CN(C(=O)OC(C)(C)C)[C@@H]1CC2CCC[C@@H](C1)N2CC(=O)N1CCCC1. The molecule has 0 N–H and O–H groups in total. The molecule has 0 aromatic carbocycles. The summed E-state index contributed by atoms with van der Waals surface area (Å²) >= 11 is 0. The summed E-state index contributed by atoms with van der Waals surface area (Å²) in [4.78, 5) is 31.3. The average Bonchev–Trinajstić information content (AvgIpc) is 3.06. The van der Waals surface area contributed by atoms with Gasteiger partial charge in [-0.2, -0.15) is 0 Å². The van der Waals surface area contributed by atoms with E-state index in [0.29, 0.717) is 24.5 Å². The second-order valence-electron chi connectivity index (χ2n) is 9.22. The molecule has 0 aromatic rings. The Labute approximate surface area is 157 Å². The van der Waals surface area contributed by atoms with E-state index >= 15 is 0 Å². The molecule has 0 saturated carbocycles. The molecule has 0 aliphatic carbocycles. The fourth-order valence-electron chi connectivity index (χ4n) is 4.73. The molecule has 0 spiro atoms. The van der Waals surface area contributed by atoms with Crippen molar-refractivity contribution in [2.75, 3.05) is 26.7 Å². The van der Waals surface area contributed by atoms with Crippen LogP contribution in [0, 0.1) is 0 Å². The van der Waals surface area contributed by atoms with Crippen LogP contribution in [0.15, 0.2) is 0 Å². The van der Waals surface area contributed by atoms with E-state index < -0.39 is 5.60 Å². The molecule has 0 radical (unpaired) electrons. The first-order chi connectivity index (χ1) is 12.2. The van der Waals surface area contributed by atoms with Crippen LogP contribution in [-0.2, 0) is 9.53 Å². The number of nitrogens with zero attached hydrogens (tertiary/aromatic N) is 3. The van der Waals surface area contributed by atoms with Gasteiger partial charge in [0.05, 0.1) is 6.54 Å². The molecule has 3 fully saturated rings. The molecular formula is C20H35N3O3. The van der Waals surface area contributed by atoms with Gasteiger partial charge in [0.25, 0.3) is 0 Å². The van der Waals surface area contributed by atoms with Crippen LogP contribution in [0.5, 0.6) is 0 Å². The van der Waals surface area contributed by atoms with E-state index in [1.54, 1.807) is 4.90 Å². The molecule has 3 aliphatic rings. The Balaban J connectivity index is 1.60. The van der Waals surface area contributed by atoms with Crippen LogP contribution in [0.25, 0.3) is 0 Å². The number of rotatable bonds is 3. The minimum atomic E-state index is -0.468. The van der Waals surface area contributed by atoms with Gasteiger partial charge in [0, 0.05) is 38.3 Å². The van der Waals surface area contributed by atoms with E-state index in [1.807, 2.05) is 32.7 Å².